The molecule has 35 heteroatoms. The van der Waals surface area contributed by atoms with Crippen molar-refractivity contribution in [2.75, 3.05) is 18.4 Å². The molecule has 590 valence electrons. The van der Waals surface area contributed by atoms with Crippen molar-refractivity contribution in [3.05, 3.63) is 189 Å². The number of halogens is 5. The molecule has 0 saturated heterocycles. The zero-order valence-electron chi connectivity index (χ0n) is 66.1. The number of esters is 2. The summed E-state index contributed by atoms with van der Waals surface area (Å²) in [6.07, 6.45) is 0. The molecule has 10 rings (SSSR count). The van der Waals surface area contributed by atoms with Crippen molar-refractivity contribution in [1.29, 1.82) is 0 Å². The second-order valence-electron chi connectivity index (χ2n) is 26.4. The van der Waals surface area contributed by atoms with Crippen LogP contribution in [0.15, 0.2) is 133 Å². The van der Waals surface area contributed by atoms with Crippen LogP contribution in [0.5, 0.6) is 0 Å². The average molecular weight is 1710 g/mol. The van der Waals surface area contributed by atoms with Crippen molar-refractivity contribution in [3.8, 4) is 0 Å². The summed E-state index contributed by atoms with van der Waals surface area (Å²) in [6, 6.07) is 38.4. The van der Waals surface area contributed by atoms with Crippen LogP contribution in [0.4, 0.5) is 8.78 Å². The summed E-state index contributed by atoms with van der Waals surface area (Å²) >= 11 is 14.4. The number of benzene rings is 6. The Hall–Kier alpha value is -7.72. The molecule has 0 aliphatic carbocycles. The molecule has 0 bridgehead atoms. The fraction of sp³-hybridized carbons (Fsp3) is 0.338. The van der Waals surface area contributed by atoms with Crippen LogP contribution in [0.25, 0.3) is 43.6 Å². The summed E-state index contributed by atoms with van der Waals surface area (Å²) < 4.78 is 42.0. The summed E-state index contributed by atoms with van der Waals surface area (Å²) in [5.41, 5.74) is 4.24. The first-order valence-electron chi connectivity index (χ1n) is 33.9. The maximum Gasteiger partial charge on any atom is 1.00 e. The van der Waals surface area contributed by atoms with Gasteiger partial charge in [0.2, 0.25) is 17.7 Å². The van der Waals surface area contributed by atoms with Crippen molar-refractivity contribution >= 4 is 148 Å². The maximum atomic E-state index is 14.0. The number of hydrogen-bond acceptors (Lipinski definition) is 20. The number of aromatic amines is 1. The van der Waals surface area contributed by atoms with Crippen LogP contribution in [0.1, 0.15) is 151 Å². The third-order valence-electron chi connectivity index (χ3n) is 14.6. The van der Waals surface area contributed by atoms with Crippen LogP contribution in [0.2, 0.25) is 10.0 Å². The smallest absolute Gasteiger partial charge is 1.00 e. The molecule has 4 heterocycles. The number of carboxylic acid groups (broad SMARTS) is 1. The first kappa shape index (κ1) is 100. The summed E-state index contributed by atoms with van der Waals surface area (Å²) in [4.78, 5) is 128. The van der Waals surface area contributed by atoms with Gasteiger partial charge in [-0.3, -0.25) is 71.9 Å². The quantitative estimate of drug-likeness (QED) is 0.0104. The molecular weight excluding hydrogens is 1620 g/mol. The number of aliphatic carboxylic acids is 1. The number of carbonyl (C=O) groups is 11. The van der Waals surface area contributed by atoms with Crippen LogP contribution in [-0.4, -0.2) is 156 Å². The number of hydrogen-bond donors (Lipinski definition) is 5. The van der Waals surface area contributed by atoms with E-state index in [4.69, 9.17) is 47.8 Å². The number of ether oxygens (including phenoxy) is 2. The summed E-state index contributed by atoms with van der Waals surface area (Å²) in [6.45, 7) is 23.8. The number of ketones is 4. The number of H-pyrrole nitrogens is 1. The van der Waals surface area contributed by atoms with E-state index >= 15 is 0 Å². The Labute approximate surface area is 750 Å². The summed E-state index contributed by atoms with van der Waals surface area (Å²) in [5.74, 6) is -4.06. The van der Waals surface area contributed by atoms with Gasteiger partial charge in [0.15, 0.2) is 23.1 Å². The molecule has 0 unspecified atom stereocenters. The topological polar surface area (TPSA) is 380 Å². The number of alkyl halides is 1. The van der Waals surface area contributed by atoms with Crippen molar-refractivity contribution in [2.24, 2.45) is 0 Å². The SMILES string of the molecule is CC(=O)c1n[nH]c2ccccc12.CC(=O)c1nn(CC(=O)N(CC(=O)NCc2cccc(Cl)c2F)C(C)C)c2ccccc12.CC(=O)c1nn(CC(=O)O)c2ccccc12.CC(=O)c1nn(CC(=O)OC(C)(C)C)c2ccccc12.CC(C)(C)OC(=O)CBr.CC(C)NCC(=O)NCc1cccc(Cl)c1F.O=CO[O-].[H-].[K+].[K+]. The van der Waals surface area contributed by atoms with Gasteiger partial charge in [0.25, 0.3) is 6.47 Å². The van der Waals surface area contributed by atoms with E-state index in [1.54, 1.807) is 80.6 Å². The van der Waals surface area contributed by atoms with Gasteiger partial charge >= 0.3 is 121 Å². The number of para-hydroxylation sites is 4. The van der Waals surface area contributed by atoms with Crippen molar-refractivity contribution in [3.63, 3.8) is 0 Å². The predicted molar refractivity (Wildman–Crippen MR) is 413 cm³/mol. The molecular formula is C77H89BrCl2F2K2N12O16. The van der Waals surface area contributed by atoms with Gasteiger partial charge in [0.05, 0.1) is 45.2 Å². The first-order valence-corrected chi connectivity index (χ1v) is 35.8. The Kier molecular flexibility index (Phi) is 44.0. The first-order chi connectivity index (χ1) is 51.7. The number of rotatable bonds is 22. The standard InChI is InChI=1S/C23H24ClFN4O3.C15H18N2O3.C12H16ClFN2O.C11H10N2O3.C9H8N2O.C6H11BrO2.CH2O3.2K.H/c1-14(2)28(12-20(31)26-11-16-7-6-9-18(24)22(16)25)21(32)13-29-19-10-5-4-8-17(19)23(27-29)15(3)30;1-10(18)14-11-7-5-6-8-12(11)17(16-14)9-13(19)20-15(2,3)4;1-8(2)15-7-11(17)16-6-9-4-3-5-10(13)12(9)14;1-7(14)11-8-4-2-3-5-9(8)13(12-11)6-10(15)16;1-6(12)9-7-4-2-3-5-8(7)10-11-9;1-6(2,3)9-5(8)4-7;2-1-4-3;;;/h4-10,14H,11-13H2,1-3H3,(H,26,31);5-8H,9H2,1-4H3;3-5,8,15H,6-7H2,1-2H3,(H,16,17);2-5H,6H2,1H3,(H,15,16);2-5H,1H3,(H,10,11);4H2,1-3H3;1,3H;;;/q;;;;;;;2*+1;-1/p-1. The van der Waals surface area contributed by atoms with Gasteiger partial charge in [-0.1, -0.05) is 150 Å². The van der Waals surface area contributed by atoms with Crippen LogP contribution in [0.3, 0.4) is 0 Å². The predicted octanol–water partition coefficient (Wildman–Crippen LogP) is 5.63. The van der Waals surface area contributed by atoms with Gasteiger partial charge in [-0.15, -0.1) is 0 Å². The van der Waals surface area contributed by atoms with E-state index in [2.05, 4.69) is 62.3 Å². The maximum absolute atomic E-state index is 14.0. The van der Waals surface area contributed by atoms with Crippen molar-refractivity contribution in [1.82, 2.24) is 60.4 Å². The van der Waals surface area contributed by atoms with Gasteiger partial charge in [0.1, 0.15) is 70.6 Å². The Morgan fingerprint density at radius 3 is 1.31 bits per heavy atom. The van der Waals surface area contributed by atoms with Crippen LogP contribution >= 0.6 is 39.1 Å². The Morgan fingerprint density at radius 1 is 0.571 bits per heavy atom. The third-order valence-corrected chi connectivity index (χ3v) is 15.6. The molecule has 0 aliphatic heterocycles. The minimum Gasteiger partial charge on any atom is -1.00 e. The van der Waals surface area contributed by atoms with Gasteiger partial charge < -0.3 is 47.0 Å². The minimum absolute atomic E-state index is 0. The monoisotopic (exact) mass is 1700 g/mol. The van der Waals surface area contributed by atoms with Crippen LogP contribution in [-0.2, 0) is 80.6 Å². The number of fused-ring (bicyclic) bond motifs is 4. The largest absolute Gasteiger partial charge is 1.00 e. The molecule has 0 spiro atoms. The van der Waals surface area contributed by atoms with E-state index in [9.17, 15) is 56.7 Å². The molecule has 5 N–H and O–H groups in total. The molecule has 0 saturated carbocycles. The van der Waals surface area contributed by atoms with E-state index < -0.39 is 29.1 Å². The zero-order valence-corrected chi connectivity index (χ0v) is 74.5. The van der Waals surface area contributed by atoms with Crippen molar-refractivity contribution < 1.29 is 190 Å². The third kappa shape index (κ3) is 33.4. The van der Waals surface area contributed by atoms with Crippen LogP contribution < -0.4 is 124 Å². The number of carbonyl (C=O) groups excluding carboxylic acids is 10. The molecule has 6 aromatic carbocycles. The Morgan fingerprint density at radius 2 is 0.946 bits per heavy atom. The van der Waals surface area contributed by atoms with Gasteiger partial charge in [-0.2, -0.15) is 20.4 Å². The number of carboxylic acids is 1. The van der Waals surface area contributed by atoms with E-state index in [-0.39, 0.29) is 242 Å². The molecule has 10 aromatic rings. The number of amides is 3. The Bertz CT molecular complexity index is 4890. The molecule has 4 aromatic heterocycles. The summed E-state index contributed by atoms with van der Waals surface area (Å²) in [5, 5.41) is 48.0. The fourth-order valence-electron chi connectivity index (χ4n) is 9.85. The number of nitrogens with zero attached hydrogens (tertiary/aromatic N) is 8. The molecule has 0 fully saturated rings. The van der Waals surface area contributed by atoms with Gasteiger partial charge in [-0.05, 0) is 91.8 Å². The molecule has 3 amide bonds. The molecule has 0 aliphatic rings. The number of aromatic nitrogens is 8. The van der Waals surface area contributed by atoms with E-state index in [1.165, 1.54) is 64.8 Å². The Balaban J connectivity index is 0.000000696. The van der Waals surface area contributed by atoms with E-state index in [0.29, 0.717) is 50.1 Å². The van der Waals surface area contributed by atoms with Gasteiger partial charge in [0, 0.05) is 85.5 Å². The van der Waals surface area contributed by atoms with E-state index in [1.807, 2.05) is 104 Å². The molecule has 0 radical (unpaired) electrons. The second kappa shape index (κ2) is 49.1. The fourth-order valence-corrected chi connectivity index (χ4v) is 10.4. The average Bonchev–Trinajstić information content (AvgIpc) is 1.65. The van der Waals surface area contributed by atoms with Crippen LogP contribution in [0, 0.1) is 11.6 Å². The molecule has 28 nitrogen and oxygen atoms in total. The number of Topliss-reactive ketones (excluding diaryl/α,β-unsaturated/α-hetero) is 4. The zero-order chi connectivity index (χ0) is 82.3. The molecule has 112 heavy (non-hydrogen) atoms. The minimum atomic E-state index is -0.983. The van der Waals surface area contributed by atoms with Crippen molar-refractivity contribution in [2.45, 2.75) is 153 Å². The van der Waals surface area contributed by atoms with Gasteiger partial charge in [-0.25, -0.2) is 8.78 Å². The number of nitrogens with one attached hydrogen (secondary N) is 4. The normalized spacial score (nSPS) is 10.6. The second-order valence-corrected chi connectivity index (χ2v) is 27.8. The molecule has 0 atom stereocenters. The summed E-state index contributed by atoms with van der Waals surface area (Å²) in [7, 11) is 0. The van der Waals surface area contributed by atoms with E-state index in [0.717, 1.165) is 21.8 Å².